The quantitative estimate of drug-likeness (QED) is 0.550. The van der Waals surface area contributed by atoms with E-state index >= 15 is 0 Å². The Morgan fingerprint density at radius 2 is 2.04 bits per heavy atom. The molecule has 4 rings (SSSR count). The maximum Gasteiger partial charge on any atom is 0.315 e. The van der Waals surface area contributed by atoms with E-state index in [1.165, 1.54) is 12.1 Å². The van der Waals surface area contributed by atoms with Crippen LogP contribution in [0.25, 0.3) is 16.9 Å². The Balaban J connectivity index is 1.69. The number of aromatic amines is 2. The molecule has 0 radical (unpaired) electrons. The Morgan fingerprint density at radius 1 is 1.19 bits per heavy atom. The zero-order valence-electron chi connectivity index (χ0n) is 13.7. The summed E-state index contributed by atoms with van der Waals surface area (Å²) in [6, 6.07) is 13.5. The van der Waals surface area contributed by atoms with E-state index in [9.17, 15) is 9.18 Å². The lowest BCUT2D eigenvalue weighted by Crippen LogP contribution is -2.28. The van der Waals surface area contributed by atoms with Crippen molar-refractivity contribution in [3.8, 4) is 11.4 Å². The van der Waals surface area contributed by atoms with Crippen LogP contribution in [0.15, 0.2) is 67.1 Å². The van der Waals surface area contributed by atoms with Crippen LogP contribution in [0, 0.1) is 5.82 Å². The minimum atomic E-state index is -0.306. The Kier molecular flexibility index (Phi) is 4.10. The normalized spacial score (nSPS) is 10.8. The van der Waals surface area contributed by atoms with Crippen molar-refractivity contribution in [1.29, 1.82) is 0 Å². The number of rotatable bonds is 4. The van der Waals surface area contributed by atoms with Crippen LogP contribution in [0.5, 0.6) is 0 Å². The van der Waals surface area contributed by atoms with E-state index < -0.39 is 0 Å². The third-order valence-corrected chi connectivity index (χ3v) is 4.02. The number of amides is 1. The van der Waals surface area contributed by atoms with Crippen LogP contribution in [-0.4, -0.2) is 15.9 Å². The summed E-state index contributed by atoms with van der Waals surface area (Å²) in [7, 11) is 0. The van der Waals surface area contributed by atoms with Crippen molar-refractivity contribution in [1.82, 2.24) is 15.3 Å². The standard InChI is InChI=1S/C19H14FN5O/c20-14-7-5-13(6-8-14)18-24-17(15-4-1-2-11-25(15)18)19(26)23-12-16-21-9-3-10-22-16/h1-11H,12H2,(H,23,26)/p+2. The van der Waals surface area contributed by atoms with Crippen molar-refractivity contribution in [2.45, 2.75) is 6.54 Å². The molecule has 0 atom stereocenters. The van der Waals surface area contributed by atoms with Gasteiger partial charge in [-0.1, -0.05) is 11.1 Å². The number of halogens is 1. The van der Waals surface area contributed by atoms with Crippen LogP contribution in [-0.2, 0) is 6.54 Å². The van der Waals surface area contributed by atoms with Gasteiger partial charge in [-0.2, -0.15) is 4.40 Å². The van der Waals surface area contributed by atoms with E-state index in [0.717, 1.165) is 11.1 Å². The van der Waals surface area contributed by atoms with E-state index in [0.29, 0.717) is 17.3 Å². The maximum atomic E-state index is 13.2. The number of pyridine rings is 1. The average molecular weight is 349 g/mol. The van der Waals surface area contributed by atoms with Gasteiger partial charge in [-0.3, -0.25) is 4.79 Å². The zero-order chi connectivity index (χ0) is 17.9. The van der Waals surface area contributed by atoms with Gasteiger partial charge in [0.2, 0.25) is 5.69 Å². The lowest BCUT2D eigenvalue weighted by Gasteiger charge is -1.96. The van der Waals surface area contributed by atoms with Crippen LogP contribution in [0.4, 0.5) is 4.39 Å². The van der Waals surface area contributed by atoms with Gasteiger partial charge in [-0.05, 0) is 36.4 Å². The molecule has 0 unspecified atom stereocenters. The lowest BCUT2D eigenvalue weighted by atomic mass is 10.2. The molecule has 0 aliphatic heterocycles. The van der Waals surface area contributed by atoms with E-state index in [2.05, 4.69) is 20.3 Å². The van der Waals surface area contributed by atoms with E-state index in [4.69, 9.17) is 0 Å². The first kappa shape index (κ1) is 15.9. The molecular weight excluding hydrogens is 333 g/mol. The molecule has 0 aliphatic rings. The predicted molar refractivity (Wildman–Crippen MR) is 91.3 cm³/mol. The first-order chi connectivity index (χ1) is 12.7. The summed E-state index contributed by atoms with van der Waals surface area (Å²) >= 11 is 0. The minimum absolute atomic E-state index is 0.249. The van der Waals surface area contributed by atoms with Crippen molar-refractivity contribution >= 4 is 11.4 Å². The Labute approximate surface area is 148 Å². The monoisotopic (exact) mass is 349 g/mol. The molecule has 0 bridgehead atoms. The molecule has 3 aromatic heterocycles. The number of benzene rings is 1. The molecular formula is C19H16FN5O+2. The van der Waals surface area contributed by atoms with Crippen molar-refractivity contribution in [2.24, 2.45) is 0 Å². The smallest absolute Gasteiger partial charge is 0.315 e. The average Bonchev–Trinajstić information content (AvgIpc) is 3.07. The number of hydrogen-bond acceptors (Lipinski definition) is 2. The first-order valence-corrected chi connectivity index (χ1v) is 8.10. The number of nitrogens with one attached hydrogen (secondary N) is 3. The highest BCUT2D eigenvalue weighted by Crippen LogP contribution is 2.18. The SMILES string of the molecule is O=C(NCc1nccc[nH+]1)c1[nH]c(-c2ccc(F)cc2)[n+]2ccccc12. The van der Waals surface area contributed by atoms with Gasteiger partial charge in [-0.15, -0.1) is 0 Å². The lowest BCUT2D eigenvalue weighted by molar-refractivity contribution is -0.498. The fourth-order valence-corrected chi connectivity index (χ4v) is 2.78. The molecule has 1 amide bonds. The van der Waals surface area contributed by atoms with Crippen LogP contribution in [0.3, 0.4) is 0 Å². The second kappa shape index (κ2) is 6.72. The molecule has 3 N–H and O–H groups in total. The number of hydrogen-bond donors (Lipinski definition) is 2. The number of imidazole rings is 1. The van der Waals surface area contributed by atoms with Gasteiger partial charge in [0.1, 0.15) is 18.6 Å². The Morgan fingerprint density at radius 3 is 2.81 bits per heavy atom. The highest BCUT2D eigenvalue weighted by molar-refractivity contribution is 5.98. The van der Waals surface area contributed by atoms with Crippen molar-refractivity contribution in [3.05, 3.63) is 84.5 Å². The molecule has 0 saturated heterocycles. The number of nitrogens with zero attached hydrogens (tertiary/aromatic N) is 2. The topological polar surface area (TPSA) is 76.0 Å². The van der Waals surface area contributed by atoms with E-state index in [1.807, 2.05) is 28.8 Å². The molecule has 6 nitrogen and oxygen atoms in total. The number of carbonyl (C=O) groups is 1. The minimum Gasteiger partial charge on any atom is -0.337 e. The van der Waals surface area contributed by atoms with Gasteiger partial charge in [0.05, 0.1) is 18.0 Å². The first-order valence-electron chi connectivity index (χ1n) is 8.10. The van der Waals surface area contributed by atoms with Gasteiger partial charge in [0.25, 0.3) is 11.7 Å². The molecule has 26 heavy (non-hydrogen) atoms. The fourth-order valence-electron chi connectivity index (χ4n) is 2.78. The summed E-state index contributed by atoms with van der Waals surface area (Å²) < 4.78 is 15.1. The fraction of sp³-hybridized carbons (Fsp3) is 0.0526. The van der Waals surface area contributed by atoms with E-state index in [-0.39, 0.29) is 18.3 Å². The molecule has 0 spiro atoms. The maximum absolute atomic E-state index is 13.2. The Bertz CT molecular complexity index is 1060. The zero-order valence-corrected chi connectivity index (χ0v) is 13.7. The third-order valence-electron chi connectivity index (χ3n) is 4.02. The molecule has 0 saturated carbocycles. The summed E-state index contributed by atoms with van der Waals surface area (Å²) in [6.45, 7) is 0.281. The molecule has 3 heterocycles. The summed E-state index contributed by atoms with van der Waals surface area (Å²) in [6.07, 6.45) is 5.26. The van der Waals surface area contributed by atoms with Gasteiger partial charge in [0.15, 0.2) is 5.52 Å². The number of aromatic nitrogens is 4. The molecule has 128 valence electrons. The van der Waals surface area contributed by atoms with Crippen LogP contribution < -0.4 is 14.7 Å². The van der Waals surface area contributed by atoms with Crippen molar-refractivity contribution in [2.75, 3.05) is 0 Å². The van der Waals surface area contributed by atoms with Crippen LogP contribution in [0.1, 0.15) is 16.3 Å². The van der Waals surface area contributed by atoms with Crippen LogP contribution >= 0.6 is 0 Å². The third kappa shape index (κ3) is 3.02. The number of fused-ring (bicyclic) bond motifs is 1. The summed E-state index contributed by atoms with van der Waals surface area (Å²) in [5.74, 6) is 0.804. The van der Waals surface area contributed by atoms with Gasteiger partial charge < -0.3 is 5.32 Å². The Hall–Kier alpha value is -3.61. The van der Waals surface area contributed by atoms with E-state index in [1.54, 1.807) is 30.6 Å². The molecule has 0 aliphatic carbocycles. The molecule has 1 aromatic carbocycles. The number of H-pyrrole nitrogens is 2. The molecule has 4 aromatic rings. The largest absolute Gasteiger partial charge is 0.337 e. The van der Waals surface area contributed by atoms with Crippen LogP contribution in [0.2, 0.25) is 0 Å². The van der Waals surface area contributed by atoms with Gasteiger partial charge in [0, 0.05) is 6.07 Å². The van der Waals surface area contributed by atoms with Crippen molar-refractivity contribution in [3.63, 3.8) is 0 Å². The van der Waals surface area contributed by atoms with Crippen molar-refractivity contribution < 1.29 is 18.6 Å². The summed E-state index contributed by atoms with van der Waals surface area (Å²) in [4.78, 5) is 23.0. The highest BCUT2D eigenvalue weighted by atomic mass is 19.1. The van der Waals surface area contributed by atoms with Gasteiger partial charge in [-0.25, -0.2) is 14.4 Å². The molecule has 0 fully saturated rings. The second-order valence-corrected chi connectivity index (χ2v) is 5.72. The highest BCUT2D eigenvalue weighted by Gasteiger charge is 2.25. The van der Waals surface area contributed by atoms with Gasteiger partial charge >= 0.3 is 5.82 Å². The summed E-state index contributed by atoms with van der Waals surface area (Å²) in [5, 5.41) is 2.84. The summed E-state index contributed by atoms with van der Waals surface area (Å²) in [5.41, 5.74) is 1.94. The number of carbonyl (C=O) groups excluding carboxylic acids is 1. The predicted octanol–water partition coefficient (Wildman–Crippen LogP) is 1.70. The second-order valence-electron chi connectivity index (χ2n) is 5.72. The molecule has 7 heteroatoms.